The zero-order valence-corrected chi connectivity index (χ0v) is 15.6. The van der Waals surface area contributed by atoms with Crippen LogP contribution >= 0.6 is 0 Å². The number of hydrogen-bond acceptors (Lipinski definition) is 4. The van der Waals surface area contributed by atoms with Crippen molar-refractivity contribution in [2.45, 2.75) is 26.0 Å². The summed E-state index contributed by atoms with van der Waals surface area (Å²) in [4.78, 5) is 26.9. The van der Waals surface area contributed by atoms with Gasteiger partial charge >= 0.3 is 5.97 Å². The second kappa shape index (κ2) is 7.68. The van der Waals surface area contributed by atoms with E-state index in [1.165, 1.54) is 5.56 Å². The van der Waals surface area contributed by atoms with Crippen LogP contribution in [0.15, 0.2) is 60.7 Å². The number of nitrogens with one attached hydrogen (secondary N) is 1. The van der Waals surface area contributed by atoms with E-state index in [1.54, 1.807) is 17.9 Å². The second-order valence-electron chi connectivity index (χ2n) is 6.86. The molecule has 0 spiro atoms. The number of aromatic amines is 1. The van der Waals surface area contributed by atoms with E-state index in [-0.39, 0.29) is 11.6 Å². The lowest BCUT2D eigenvalue weighted by molar-refractivity contribution is -0.140. The molecule has 28 heavy (non-hydrogen) atoms. The van der Waals surface area contributed by atoms with Crippen LogP contribution in [0.1, 0.15) is 28.5 Å². The Morgan fingerprint density at radius 3 is 2.57 bits per heavy atom. The first-order chi connectivity index (χ1) is 13.6. The van der Waals surface area contributed by atoms with Gasteiger partial charge in [-0.2, -0.15) is 5.10 Å². The Morgan fingerprint density at radius 1 is 1.07 bits per heavy atom. The number of fused-ring (bicyclic) bond motifs is 1. The second-order valence-corrected chi connectivity index (χ2v) is 6.86. The number of hydrogen-bond donors (Lipinski definition) is 1. The monoisotopic (exact) mass is 375 g/mol. The third-order valence-corrected chi connectivity index (χ3v) is 4.94. The number of carbonyl (C=O) groups is 2. The van der Waals surface area contributed by atoms with Gasteiger partial charge in [-0.15, -0.1) is 0 Å². The molecular weight excluding hydrogens is 354 g/mol. The van der Waals surface area contributed by atoms with Crippen molar-refractivity contribution >= 4 is 11.9 Å². The highest BCUT2D eigenvalue weighted by Crippen LogP contribution is 2.20. The Bertz CT molecular complexity index is 997. The van der Waals surface area contributed by atoms with Gasteiger partial charge in [0.25, 0.3) is 5.91 Å². The van der Waals surface area contributed by atoms with Crippen LogP contribution in [0, 0.1) is 0 Å². The van der Waals surface area contributed by atoms with Gasteiger partial charge in [0, 0.05) is 18.7 Å². The largest absolute Gasteiger partial charge is 0.448 e. The molecule has 1 N–H and O–H groups in total. The number of carbonyl (C=O) groups excluding carboxylic acids is 2. The maximum Gasteiger partial charge on any atom is 0.357 e. The summed E-state index contributed by atoms with van der Waals surface area (Å²) in [5.41, 5.74) is 4.18. The van der Waals surface area contributed by atoms with Crippen molar-refractivity contribution in [3.8, 4) is 11.3 Å². The molecule has 6 heteroatoms. The molecule has 1 atom stereocenters. The maximum absolute atomic E-state index is 12.7. The van der Waals surface area contributed by atoms with Gasteiger partial charge in [-0.05, 0) is 30.5 Å². The van der Waals surface area contributed by atoms with E-state index in [0.717, 1.165) is 17.5 Å². The first-order valence-corrected chi connectivity index (χ1v) is 9.29. The molecule has 2 aromatic carbocycles. The highest BCUT2D eigenvalue weighted by molar-refractivity contribution is 5.91. The third-order valence-electron chi connectivity index (χ3n) is 4.94. The number of aromatic nitrogens is 2. The average Bonchev–Trinajstić information content (AvgIpc) is 3.24. The molecule has 2 heterocycles. The van der Waals surface area contributed by atoms with Crippen LogP contribution in [0.4, 0.5) is 0 Å². The van der Waals surface area contributed by atoms with Crippen LogP contribution in [0.5, 0.6) is 0 Å². The third kappa shape index (κ3) is 3.67. The smallest absolute Gasteiger partial charge is 0.357 e. The molecule has 3 aromatic rings. The first kappa shape index (κ1) is 18.0. The van der Waals surface area contributed by atoms with Gasteiger partial charge in [0.1, 0.15) is 5.69 Å². The molecule has 0 saturated carbocycles. The summed E-state index contributed by atoms with van der Waals surface area (Å²) in [7, 11) is 0. The topological polar surface area (TPSA) is 75.3 Å². The zero-order chi connectivity index (χ0) is 19.5. The number of nitrogens with zero attached hydrogens (tertiary/aromatic N) is 2. The fraction of sp³-hybridized carbons (Fsp3) is 0.227. The van der Waals surface area contributed by atoms with Crippen LogP contribution in [0.3, 0.4) is 0 Å². The van der Waals surface area contributed by atoms with Crippen molar-refractivity contribution in [1.82, 2.24) is 15.1 Å². The van der Waals surface area contributed by atoms with Crippen molar-refractivity contribution in [1.29, 1.82) is 0 Å². The number of H-pyrrole nitrogens is 1. The molecule has 0 unspecified atom stereocenters. The molecule has 0 fully saturated rings. The summed E-state index contributed by atoms with van der Waals surface area (Å²) >= 11 is 0. The van der Waals surface area contributed by atoms with Crippen LogP contribution in [0.2, 0.25) is 0 Å². The van der Waals surface area contributed by atoms with Gasteiger partial charge in [0.2, 0.25) is 0 Å². The molecule has 1 aliphatic heterocycles. The van der Waals surface area contributed by atoms with Crippen molar-refractivity contribution in [3.05, 3.63) is 77.5 Å². The lowest BCUT2D eigenvalue weighted by Gasteiger charge is -2.30. The standard InChI is InChI=1S/C22H21N3O3/c1-15(21(26)25-12-11-16-7-5-6-10-18(16)14-25)28-22(27)20-13-19(23-24-20)17-8-3-2-4-9-17/h2-10,13,15H,11-12,14H2,1H3,(H,23,24)/t15-/m0/s1. The van der Waals surface area contributed by atoms with Crippen LogP contribution in [0.25, 0.3) is 11.3 Å². The van der Waals surface area contributed by atoms with Gasteiger partial charge in [0.15, 0.2) is 6.10 Å². The number of benzene rings is 2. The van der Waals surface area contributed by atoms with E-state index in [1.807, 2.05) is 48.5 Å². The van der Waals surface area contributed by atoms with E-state index in [4.69, 9.17) is 4.74 Å². The number of rotatable bonds is 4. The summed E-state index contributed by atoms with van der Waals surface area (Å²) in [6.07, 6.45) is -0.0509. The molecule has 0 saturated heterocycles. The predicted molar refractivity (Wildman–Crippen MR) is 104 cm³/mol. The summed E-state index contributed by atoms with van der Waals surface area (Å²) < 4.78 is 5.39. The van der Waals surface area contributed by atoms with E-state index in [9.17, 15) is 9.59 Å². The quantitative estimate of drug-likeness (QED) is 0.711. The summed E-state index contributed by atoms with van der Waals surface area (Å²) in [5, 5.41) is 6.84. The molecule has 1 aliphatic rings. The van der Waals surface area contributed by atoms with Gasteiger partial charge in [-0.25, -0.2) is 4.79 Å². The fourth-order valence-electron chi connectivity index (χ4n) is 3.40. The van der Waals surface area contributed by atoms with Crippen LogP contribution in [-0.4, -0.2) is 39.6 Å². The lowest BCUT2D eigenvalue weighted by atomic mass is 9.99. The highest BCUT2D eigenvalue weighted by Gasteiger charge is 2.27. The van der Waals surface area contributed by atoms with Gasteiger partial charge in [-0.3, -0.25) is 9.89 Å². The lowest BCUT2D eigenvalue weighted by Crippen LogP contribution is -2.42. The normalized spacial score (nSPS) is 14.2. The van der Waals surface area contributed by atoms with Crippen molar-refractivity contribution in [3.63, 3.8) is 0 Å². The number of ether oxygens (including phenoxy) is 1. The van der Waals surface area contributed by atoms with Gasteiger partial charge in [0.05, 0.1) is 5.69 Å². The minimum absolute atomic E-state index is 0.189. The van der Waals surface area contributed by atoms with Crippen molar-refractivity contribution in [2.75, 3.05) is 6.54 Å². The zero-order valence-electron chi connectivity index (χ0n) is 15.6. The van der Waals surface area contributed by atoms with E-state index in [2.05, 4.69) is 16.3 Å². The predicted octanol–water partition coefficient (Wildman–Crippen LogP) is 3.21. The van der Waals surface area contributed by atoms with Gasteiger partial charge < -0.3 is 9.64 Å². The Hall–Kier alpha value is -3.41. The number of amides is 1. The Labute approximate surface area is 163 Å². The first-order valence-electron chi connectivity index (χ1n) is 9.29. The molecular formula is C22H21N3O3. The highest BCUT2D eigenvalue weighted by atomic mass is 16.5. The van der Waals surface area contributed by atoms with E-state index >= 15 is 0 Å². The minimum atomic E-state index is -0.860. The van der Waals surface area contributed by atoms with Crippen LogP contribution in [-0.2, 0) is 22.5 Å². The van der Waals surface area contributed by atoms with Crippen molar-refractivity contribution < 1.29 is 14.3 Å². The SMILES string of the molecule is C[C@H](OC(=O)c1cc(-c2ccccc2)n[nH]1)C(=O)N1CCc2ccccc2C1. The molecule has 6 nitrogen and oxygen atoms in total. The number of esters is 1. The molecule has 4 rings (SSSR count). The van der Waals surface area contributed by atoms with Crippen LogP contribution < -0.4 is 0 Å². The van der Waals surface area contributed by atoms with Crippen molar-refractivity contribution in [2.24, 2.45) is 0 Å². The molecule has 0 radical (unpaired) electrons. The minimum Gasteiger partial charge on any atom is -0.448 e. The summed E-state index contributed by atoms with van der Waals surface area (Å²) in [5.74, 6) is -0.779. The Kier molecular flexibility index (Phi) is 4.93. The van der Waals surface area contributed by atoms with Gasteiger partial charge in [-0.1, -0.05) is 54.6 Å². The molecule has 142 valence electrons. The Morgan fingerprint density at radius 2 is 1.79 bits per heavy atom. The Balaban J connectivity index is 1.40. The fourth-order valence-corrected chi connectivity index (χ4v) is 3.40. The molecule has 0 aliphatic carbocycles. The molecule has 0 bridgehead atoms. The maximum atomic E-state index is 12.7. The van der Waals surface area contributed by atoms with E-state index in [0.29, 0.717) is 18.8 Å². The van der Waals surface area contributed by atoms with E-state index < -0.39 is 12.1 Å². The summed E-state index contributed by atoms with van der Waals surface area (Å²) in [6.45, 7) is 2.77. The summed E-state index contributed by atoms with van der Waals surface area (Å²) in [6, 6.07) is 19.3. The molecule has 1 amide bonds. The molecule has 1 aromatic heterocycles. The average molecular weight is 375 g/mol.